The second kappa shape index (κ2) is 8.23. The molecule has 0 unspecified atom stereocenters. The van der Waals surface area contributed by atoms with Crippen LogP contribution in [0.1, 0.15) is 32.0 Å². The molecule has 136 valence electrons. The first-order valence-electron chi connectivity index (χ1n) is 8.58. The van der Waals surface area contributed by atoms with Crippen molar-refractivity contribution in [1.82, 2.24) is 15.1 Å². The Bertz CT molecular complexity index is 1030. The van der Waals surface area contributed by atoms with E-state index in [1.807, 2.05) is 6.07 Å². The van der Waals surface area contributed by atoms with Gasteiger partial charge in [-0.15, -0.1) is 0 Å². The molecule has 1 amide bonds. The van der Waals surface area contributed by atoms with Gasteiger partial charge >= 0.3 is 0 Å². The van der Waals surface area contributed by atoms with E-state index in [9.17, 15) is 14.4 Å². The lowest BCUT2D eigenvalue weighted by Crippen LogP contribution is -2.32. The summed E-state index contributed by atoms with van der Waals surface area (Å²) in [5.41, 5.74) is 1.66. The maximum Gasteiger partial charge on any atom is 0.266 e. The summed E-state index contributed by atoms with van der Waals surface area (Å²) in [7, 11) is 0. The Balaban J connectivity index is 1.73. The molecule has 1 N–H and O–H groups in total. The fraction of sp³-hybridized carbons (Fsp3) is 0.143. The fourth-order valence-corrected chi connectivity index (χ4v) is 2.71. The molecule has 3 aromatic rings. The zero-order valence-corrected chi connectivity index (χ0v) is 14.9. The molecular weight excluding hydrogens is 342 g/mol. The number of nitrogens with one attached hydrogen (secondary N) is 1. The molecule has 3 rings (SSSR count). The Hall–Kier alpha value is -3.54. The van der Waals surface area contributed by atoms with Crippen LogP contribution in [-0.2, 0) is 6.54 Å². The minimum Gasteiger partial charge on any atom is -0.350 e. The zero-order chi connectivity index (χ0) is 19.2. The van der Waals surface area contributed by atoms with Crippen molar-refractivity contribution in [2.24, 2.45) is 0 Å². The molecule has 0 saturated carbocycles. The molecule has 1 aromatic heterocycles. The SMILES string of the molecule is Cc1ccc(=O)n(CCNC(=O)c2ccccc2C(=O)c2ccccc2)n1. The summed E-state index contributed by atoms with van der Waals surface area (Å²) in [6.45, 7) is 2.27. The lowest BCUT2D eigenvalue weighted by atomic mass is 9.98. The van der Waals surface area contributed by atoms with Gasteiger partial charge in [-0.1, -0.05) is 48.5 Å². The van der Waals surface area contributed by atoms with Crippen LogP contribution in [0.2, 0.25) is 0 Å². The predicted molar refractivity (Wildman–Crippen MR) is 102 cm³/mol. The van der Waals surface area contributed by atoms with E-state index in [2.05, 4.69) is 10.4 Å². The summed E-state index contributed by atoms with van der Waals surface area (Å²) in [5, 5.41) is 6.88. The van der Waals surface area contributed by atoms with E-state index in [1.54, 1.807) is 61.5 Å². The molecule has 0 saturated heterocycles. The molecule has 0 bridgehead atoms. The number of nitrogens with zero attached hydrogens (tertiary/aromatic N) is 2. The molecule has 0 aliphatic carbocycles. The lowest BCUT2D eigenvalue weighted by molar-refractivity contribution is 0.0940. The summed E-state index contributed by atoms with van der Waals surface area (Å²) < 4.78 is 1.30. The van der Waals surface area contributed by atoms with Crippen molar-refractivity contribution < 1.29 is 9.59 Å². The second-order valence-electron chi connectivity index (χ2n) is 6.03. The van der Waals surface area contributed by atoms with Crippen LogP contribution in [0.15, 0.2) is 71.5 Å². The van der Waals surface area contributed by atoms with Crippen LogP contribution in [0.5, 0.6) is 0 Å². The molecule has 0 aliphatic heterocycles. The zero-order valence-electron chi connectivity index (χ0n) is 14.9. The summed E-state index contributed by atoms with van der Waals surface area (Å²) in [5.74, 6) is -0.575. The van der Waals surface area contributed by atoms with Gasteiger partial charge in [0.1, 0.15) is 0 Å². The van der Waals surface area contributed by atoms with E-state index < -0.39 is 0 Å². The first-order chi connectivity index (χ1) is 13.1. The number of hydrogen-bond donors (Lipinski definition) is 1. The number of benzene rings is 2. The van der Waals surface area contributed by atoms with Crippen molar-refractivity contribution in [2.45, 2.75) is 13.5 Å². The molecular formula is C21H19N3O3. The van der Waals surface area contributed by atoms with Crippen LogP contribution in [0.4, 0.5) is 0 Å². The number of aromatic nitrogens is 2. The maximum absolute atomic E-state index is 12.7. The average Bonchev–Trinajstić information content (AvgIpc) is 2.70. The van der Waals surface area contributed by atoms with Gasteiger partial charge in [0.25, 0.3) is 11.5 Å². The maximum atomic E-state index is 12.7. The highest BCUT2D eigenvalue weighted by Gasteiger charge is 2.17. The number of ketones is 1. The molecule has 0 radical (unpaired) electrons. The second-order valence-corrected chi connectivity index (χ2v) is 6.03. The Morgan fingerprint density at radius 2 is 1.59 bits per heavy atom. The van der Waals surface area contributed by atoms with Crippen LogP contribution >= 0.6 is 0 Å². The van der Waals surface area contributed by atoms with Gasteiger partial charge in [-0.05, 0) is 19.1 Å². The number of carbonyl (C=O) groups is 2. The Labute approximate surface area is 156 Å². The van der Waals surface area contributed by atoms with Crippen LogP contribution in [0, 0.1) is 6.92 Å². The van der Waals surface area contributed by atoms with Crippen LogP contribution in [0.25, 0.3) is 0 Å². The van der Waals surface area contributed by atoms with Gasteiger partial charge in [-0.25, -0.2) is 4.68 Å². The smallest absolute Gasteiger partial charge is 0.266 e. The molecule has 2 aromatic carbocycles. The van der Waals surface area contributed by atoms with Gasteiger partial charge in [-0.2, -0.15) is 5.10 Å². The third kappa shape index (κ3) is 4.36. The van der Waals surface area contributed by atoms with E-state index in [-0.39, 0.29) is 30.3 Å². The monoisotopic (exact) mass is 361 g/mol. The normalized spacial score (nSPS) is 10.4. The molecule has 6 nitrogen and oxygen atoms in total. The minimum atomic E-state index is -0.365. The Kier molecular flexibility index (Phi) is 5.56. The van der Waals surface area contributed by atoms with E-state index in [4.69, 9.17) is 0 Å². The highest BCUT2D eigenvalue weighted by molar-refractivity contribution is 6.15. The van der Waals surface area contributed by atoms with Gasteiger partial charge in [0.05, 0.1) is 17.8 Å². The number of amides is 1. The highest BCUT2D eigenvalue weighted by Crippen LogP contribution is 2.14. The van der Waals surface area contributed by atoms with Crippen molar-refractivity contribution in [1.29, 1.82) is 0 Å². The largest absolute Gasteiger partial charge is 0.350 e. The third-order valence-electron chi connectivity index (χ3n) is 4.06. The molecule has 1 heterocycles. The fourth-order valence-electron chi connectivity index (χ4n) is 2.71. The van der Waals surface area contributed by atoms with Crippen molar-refractivity contribution in [3.05, 3.63) is 99.5 Å². The minimum absolute atomic E-state index is 0.210. The summed E-state index contributed by atoms with van der Waals surface area (Å²) in [6, 6.07) is 18.6. The van der Waals surface area contributed by atoms with Crippen molar-refractivity contribution in [2.75, 3.05) is 6.54 Å². The molecule has 0 fully saturated rings. The van der Waals surface area contributed by atoms with Gasteiger partial charge in [0.15, 0.2) is 5.78 Å². The molecule has 0 atom stereocenters. The molecule has 0 aliphatic rings. The van der Waals surface area contributed by atoms with E-state index in [0.29, 0.717) is 16.7 Å². The first kappa shape index (κ1) is 18.3. The average molecular weight is 361 g/mol. The van der Waals surface area contributed by atoms with E-state index >= 15 is 0 Å². The molecule has 0 spiro atoms. The summed E-state index contributed by atoms with van der Waals surface area (Å²) in [6.07, 6.45) is 0. The first-order valence-corrected chi connectivity index (χ1v) is 8.58. The quantitative estimate of drug-likeness (QED) is 0.683. The van der Waals surface area contributed by atoms with Gasteiger partial charge in [0, 0.05) is 23.7 Å². The van der Waals surface area contributed by atoms with Gasteiger partial charge < -0.3 is 5.32 Å². The van der Waals surface area contributed by atoms with Crippen LogP contribution in [0.3, 0.4) is 0 Å². The van der Waals surface area contributed by atoms with Crippen molar-refractivity contribution >= 4 is 11.7 Å². The summed E-state index contributed by atoms with van der Waals surface area (Å²) >= 11 is 0. The number of aryl methyl sites for hydroxylation is 1. The summed E-state index contributed by atoms with van der Waals surface area (Å²) in [4.78, 5) is 37.0. The highest BCUT2D eigenvalue weighted by atomic mass is 16.2. The van der Waals surface area contributed by atoms with E-state index in [0.717, 1.165) is 5.69 Å². The molecule has 6 heteroatoms. The van der Waals surface area contributed by atoms with Gasteiger partial charge in [0.2, 0.25) is 0 Å². The standard InChI is InChI=1S/C21H19N3O3/c1-15-11-12-19(25)24(23-15)14-13-22-21(27)18-10-6-5-9-17(18)20(26)16-7-3-2-4-8-16/h2-12H,13-14H2,1H3,(H,22,27). The predicted octanol–water partition coefficient (Wildman–Crippen LogP) is 2.21. The molecule has 27 heavy (non-hydrogen) atoms. The lowest BCUT2D eigenvalue weighted by Gasteiger charge is -2.10. The number of carbonyl (C=O) groups excluding carboxylic acids is 2. The van der Waals surface area contributed by atoms with E-state index in [1.165, 1.54) is 10.7 Å². The number of hydrogen-bond acceptors (Lipinski definition) is 4. The number of rotatable bonds is 6. The van der Waals surface area contributed by atoms with Crippen molar-refractivity contribution in [3.8, 4) is 0 Å². The van der Waals surface area contributed by atoms with Crippen LogP contribution < -0.4 is 10.9 Å². The topological polar surface area (TPSA) is 81.1 Å². The Morgan fingerprint density at radius 3 is 2.33 bits per heavy atom. The Morgan fingerprint density at radius 1 is 0.926 bits per heavy atom. The van der Waals surface area contributed by atoms with Crippen LogP contribution in [-0.4, -0.2) is 28.0 Å². The van der Waals surface area contributed by atoms with Crippen molar-refractivity contribution in [3.63, 3.8) is 0 Å². The van der Waals surface area contributed by atoms with Gasteiger partial charge in [-0.3, -0.25) is 14.4 Å². The third-order valence-corrected chi connectivity index (χ3v) is 4.06.